The predicted octanol–water partition coefficient (Wildman–Crippen LogP) is 2.43. The molecule has 3 aromatic rings. The molecule has 1 saturated heterocycles. The first-order valence-corrected chi connectivity index (χ1v) is 9.02. The van der Waals surface area contributed by atoms with Crippen molar-refractivity contribution in [2.75, 3.05) is 6.54 Å². The minimum Gasteiger partial charge on any atom is -0.483 e. The van der Waals surface area contributed by atoms with E-state index in [0.29, 0.717) is 24.2 Å². The molecule has 1 aliphatic heterocycles. The maximum Gasteiger partial charge on any atom is 0.269 e. The number of ether oxygens (including phenoxy) is 1. The average molecular weight is 397 g/mol. The Morgan fingerprint density at radius 3 is 2.79 bits per heavy atom. The van der Waals surface area contributed by atoms with Gasteiger partial charge in [0, 0.05) is 24.7 Å². The Balaban J connectivity index is 1.47. The van der Waals surface area contributed by atoms with Crippen molar-refractivity contribution < 1.29 is 13.5 Å². The highest BCUT2D eigenvalue weighted by Gasteiger charge is 2.38. The van der Waals surface area contributed by atoms with Gasteiger partial charge in [-0.05, 0) is 32.0 Å². The molecule has 3 heterocycles. The maximum atomic E-state index is 14.8. The van der Waals surface area contributed by atoms with Crippen LogP contribution in [0.25, 0.3) is 11.0 Å². The Morgan fingerprint density at radius 2 is 2.10 bits per heavy atom. The number of hydrogen-bond donors (Lipinski definition) is 1. The zero-order chi connectivity index (χ0) is 20.7. The molecule has 1 aromatic carbocycles. The van der Waals surface area contributed by atoms with Crippen LogP contribution in [0.15, 0.2) is 29.1 Å². The Kier molecular flexibility index (Phi) is 4.72. The van der Waals surface area contributed by atoms with E-state index in [1.807, 2.05) is 11.8 Å². The molecule has 0 bridgehead atoms. The van der Waals surface area contributed by atoms with Gasteiger partial charge in [0.05, 0.1) is 5.52 Å². The van der Waals surface area contributed by atoms with Crippen LogP contribution in [0.1, 0.15) is 23.9 Å². The number of rotatable bonds is 4. The summed E-state index contributed by atoms with van der Waals surface area (Å²) >= 11 is 0. The first kappa shape index (κ1) is 19.0. The maximum absolute atomic E-state index is 14.8. The lowest BCUT2D eigenvalue weighted by molar-refractivity contribution is -0.0437. The molecule has 2 atom stereocenters. The number of pyridine rings is 1. The van der Waals surface area contributed by atoms with E-state index in [2.05, 4.69) is 15.0 Å². The van der Waals surface area contributed by atoms with Crippen molar-refractivity contribution in [2.24, 2.45) is 0 Å². The summed E-state index contributed by atoms with van der Waals surface area (Å²) < 4.78 is 34.4. The number of fused-ring (bicyclic) bond motifs is 1. The van der Waals surface area contributed by atoms with Gasteiger partial charge < -0.3 is 9.72 Å². The fourth-order valence-electron chi connectivity index (χ4n) is 3.32. The third kappa shape index (κ3) is 3.43. The first-order valence-electron chi connectivity index (χ1n) is 9.02. The third-order valence-electron chi connectivity index (χ3n) is 5.16. The molecule has 1 unspecified atom stereocenters. The van der Waals surface area contributed by atoms with Crippen LogP contribution in [0.2, 0.25) is 0 Å². The van der Waals surface area contributed by atoms with E-state index in [4.69, 9.17) is 10.00 Å². The lowest BCUT2D eigenvalue weighted by atomic mass is 9.99. The average Bonchev–Trinajstić information content (AvgIpc) is 2.71. The summed E-state index contributed by atoms with van der Waals surface area (Å²) in [6, 6.07) is 7.77. The molecule has 0 spiro atoms. The number of H-pyrrole nitrogens is 1. The second-order valence-electron chi connectivity index (χ2n) is 7.01. The number of aromatic amines is 1. The van der Waals surface area contributed by atoms with Crippen molar-refractivity contribution >= 4 is 11.0 Å². The molecular weight excluding hydrogens is 380 g/mol. The van der Waals surface area contributed by atoms with Gasteiger partial charge in [0.15, 0.2) is 11.6 Å². The Bertz CT molecular complexity index is 1200. The van der Waals surface area contributed by atoms with Crippen LogP contribution in [0.4, 0.5) is 8.78 Å². The quantitative estimate of drug-likeness (QED) is 0.680. The molecule has 1 fully saturated rings. The molecule has 2 aromatic heterocycles. The number of nitriles is 1. The van der Waals surface area contributed by atoms with Crippen molar-refractivity contribution in [2.45, 2.75) is 32.5 Å². The smallest absolute Gasteiger partial charge is 0.269 e. The Labute approximate surface area is 164 Å². The number of benzene rings is 1. The number of aromatic nitrogens is 3. The van der Waals surface area contributed by atoms with Crippen molar-refractivity contribution in [3.05, 3.63) is 63.3 Å². The number of hydrogen-bond acceptors (Lipinski definition) is 6. The summed E-state index contributed by atoms with van der Waals surface area (Å²) in [7, 11) is 0. The predicted molar refractivity (Wildman–Crippen MR) is 100 cm³/mol. The van der Waals surface area contributed by atoms with E-state index in [0.717, 1.165) is 0 Å². The SMILES string of the molecule is Cc1nc2ccc(CN3CC(Oc4ccc(C#N)nc4F)[C@H]3C)c(F)c2[nH]c1=O. The van der Waals surface area contributed by atoms with E-state index < -0.39 is 17.3 Å². The molecular formula is C20H17F2N5O2. The molecule has 0 amide bonds. The zero-order valence-corrected chi connectivity index (χ0v) is 15.7. The molecule has 0 saturated carbocycles. The largest absolute Gasteiger partial charge is 0.483 e. The molecule has 7 nitrogen and oxygen atoms in total. The lowest BCUT2D eigenvalue weighted by Gasteiger charge is -2.45. The summed E-state index contributed by atoms with van der Waals surface area (Å²) in [5, 5.41) is 8.75. The molecule has 0 aliphatic carbocycles. The molecule has 9 heteroatoms. The van der Waals surface area contributed by atoms with E-state index in [-0.39, 0.29) is 34.8 Å². The van der Waals surface area contributed by atoms with Crippen LogP contribution in [0.5, 0.6) is 5.75 Å². The van der Waals surface area contributed by atoms with Crippen LogP contribution >= 0.6 is 0 Å². The highest BCUT2D eigenvalue weighted by atomic mass is 19.1. The Morgan fingerprint density at radius 1 is 1.31 bits per heavy atom. The van der Waals surface area contributed by atoms with Gasteiger partial charge >= 0.3 is 0 Å². The molecule has 29 heavy (non-hydrogen) atoms. The van der Waals surface area contributed by atoms with Gasteiger partial charge in [-0.2, -0.15) is 9.65 Å². The highest BCUT2D eigenvalue weighted by Crippen LogP contribution is 2.28. The van der Waals surface area contributed by atoms with Crippen molar-refractivity contribution in [3.8, 4) is 11.8 Å². The fourth-order valence-corrected chi connectivity index (χ4v) is 3.32. The van der Waals surface area contributed by atoms with Gasteiger partial charge in [-0.25, -0.2) is 14.4 Å². The van der Waals surface area contributed by atoms with Crippen LogP contribution in [-0.2, 0) is 6.54 Å². The van der Waals surface area contributed by atoms with E-state index in [1.54, 1.807) is 25.1 Å². The number of likely N-dealkylation sites (tertiary alicyclic amines) is 1. The monoisotopic (exact) mass is 397 g/mol. The normalized spacial score (nSPS) is 19.0. The third-order valence-corrected chi connectivity index (χ3v) is 5.16. The van der Waals surface area contributed by atoms with Crippen LogP contribution in [-0.4, -0.2) is 38.5 Å². The first-order chi connectivity index (χ1) is 13.9. The molecule has 0 radical (unpaired) electrons. The van der Waals surface area contributed by atoms with Gasteiger partial charge in [0.2, 0.25) is 0 Å². The molecule has 1 N–H and O–H groups in total. The van der Waals surface area contributed by atoms with Gasteiger partial charge in [-0.1, -0.05) is 6.07 Å². The zero-order valence-electron chi connectivity index (χ0n) is 15.7. The van der Waals surface area contributed by atoms with Crippen LogP contribution in [0, 0.1) is 30.0 Å². The number of nitrogens with zero attached hydrogens (tertiary/aromatic N) is 4. The number of halogens is 2. The highest BCUT2D eigenvalue weighted by molar-refractivity contribution is 5.75. The van der Waals surface area contributed by atoms with Gasteiger partial charge in [0.1, 0.15) is 29.1 Å². The van der Waals surface area contributed by atoms with Gasteiger partial charge in [0.25, 0.3) is 11.5 Å². The van der Waals surface area contributed by atoms with Crippen molar-refractivity contribution in [1.82, 2.24) is 19.9 Å². The number of aryl methyl sites for hydroxylation is 1. The summed E-state index contributed by atoms with van der Waals surface area (Å²) in [5.74, 6) is -1.36. The minimum atomic E-state index is -0.831. The topological polar surface area (TPSA) is 94.9 Å². The molecule has 4 rings (SSSR count). The van der Waals surface area contributed by atoms with Crippen molar-refractivity contribution in [1.29, 1.82) is 5.26 Å². The summed E-state index contributed by atoms with van der Waals surface area (Å²) in [4.78, 5) is 23.9. The standard InChI is InChI=1S/C20H17F2N5O2/c1-10-20(28)26-18-14(24-10)5-3-12(17(18)21)8-27-9-16(11(27)2)29-15-6-4-13(7-23)25-19(15)22/h3-6,11,16H,8-9H2,1-2H3,(H,26,28)/t11-,16?/m1/s1. The molecule has 148 valence electrons. The minimum absolute atomic E-state index is 0.0172. The second kappa shape index (κ2) is 7.22. The van der Waals surface area contributed by atoms with Gasteiger partial charge in [-0.15, -0.1) is 0 Å². The van der Waals surface area contributed by atoms with Crippen LogP contribution < -0.4 is 10.3 Å². The number of nitrogens with one attached hydrogen (secondary N) is 1. The van der Waals surface area contributed by atoms with E-state index in [1.165, 1.54) is 12.1 Å². The summed E-state index contributed by atoms with van der Waals surface area (Å²) in [5.41, 5.74) is 0.751. The van der Waals surface area contributed by atoms with E-state index >= 15 is 0 Å². The van der Waals surface area contributed by atoms with E-state index in [9.17, 15) is 13.6 Å². The fraction of sp³-hybridized carbons (Fsp3) is 0.300. The lowest BCUT2D eigenvalue weighted by Crippen LogP contribution is -2.60. The summed E-state index contributed by atoms with van der Waals surface area (Å²) in [6.07, 6.45) is -0.285. The second-order valence-corrected chi connectivity index (χ2v) is 7.01. The van der Waals surface area contributed by atoms with Gasteiger partial charge in [-0.3, -0.25) is 9.69 Å². The Hall–Kier alpha value is -3.38. The van der Waals surface area contributed by atoms with Crippen LogP contribution in [0.3, 0.4) is 0 Å². The van der Waals surface area contributed by atoms with Crippen molar-refractivity contribution in [3.63, 3.8) is 0 Å². The summed E-state index contributed by atoms with van der Waals surface area (Å²) in [6.45, 7) is 4.25. The molecule has 1 aliphatic rings.